The summed E-state index contributed by atoms with van der Waals surface area (Å²) in [6.07, 6.45) is 7.11. The Kier molecular flexibility index (Phi) is 5.17. The first kappa shape index (κ1) is 19.4. The lowest BCUT2D eigenvalue weighted by Gasteiger charge is -2.56. The number of rotatable bonds is 5. The van der Waals surface area contributed by atoms with E-state index in [1.165, 1.54) is 31.4 Å². The highest BCUT2D eigenvalue weighted by Crippen LogP contribution is 2.55. The van der Waals surface area contributed by atoms with Gasteiger partial charge in [0.1, 0.15) is 5.82 Å². The Morgan fingerprint density at radius 2 is 1.64 bits per heavy atom. The molecule has 4 aliphatic rings. The fourth-order valence-corrected chi connectivity index (χ4v) is 5.97. The molecule has 0 spiro atoms. The number of likely N-dealkylation sites (N-methyl/N-ethyl adjacent to an activating group) is 1. The predicted molar refractivity (Wildman–Crippen MR) is 105 cm³/mol. The summed E-state index contributed by atoms with van der Waals surface area (Å²) >= 11 is 0. The molecule has 4 fully saturated rings. The van der Waals surface area contributed by atoms with Gasteiger partial charge in [-0.05, 0) is 87.9 Å². The van der Waals surface area contributed by atoms with Crippen LogP contribution in [0.5, 0.6) is 0 Å². The molecule has 0 unspecified atom stereocenters. The second-order valence-corrected chi connectivity index (χ2v) is 9.36. The van der Waals surface area contributed by atoms with Gasteiger partial charge < -0.3 is 5.32 Å². The number of amides is 3. The van der Waals surface area contributed by atoms with E-state index in [0.29, 0.717) is 6.54 Å². The molecule has 28 heavy (non-hydrogen) atoms. The topological polar surface area (TPSA) is 61.4 Å². The second kappa shape index (κ2) is 7.47. The molecular formula is C22H30FN3O2. The van der Waals surface area contributed by atoms with Crippen LogP contribution in [0.15, 0.2) is 24.3 Å². The van der Waals surface area contributed by atoms with E-state index in [-0.39, 0.29) is 23.3 Å². The maximum absolute atomic E-state index is 13.0. The third kappa shape index (κ3) is 4.07. The Balaban J connectivity index is 1.30. The maximum Gasteiger partial charge on any atom is 0.321 e. The highest BCUT2D eigenvalue weighted by atomic mass is 19.1. The van der Waals surface area contributed by atoms with E-state index in [2.05, 4.69) is 10.6 Å². The summed E-state index contributed by atoms with van der Waals surface area (Å²) < 4.78 is 13.0. The molecule has 0 aliphatic heterocycles. The van der Waals surface area contributed by atoms with Crippen molar-refractivity contribution in [3.8, 4) is 0 Å². The number of hydrogen-bond acceptors (Lipinski definition) is 3. The minimum Gasteiger partial charge on any atom is -0.332 e. The van der Waals surface area contributed by atoms with Gasteiger partial charge in [-0.1, -0.05) is 12.1 Å². The number of benzene rings is 1. The van der Waals surface area contributed by atoms with Crippen LogP contribution in [-0.2, 0) is 11.3 Å². The van der Waals surface area contributed by atoms with Gasteiger partial charge in [0, 0.05) is 12.1 Å². The van der Waals surface area contributed by atoms with E-state index in [4.69, 9.17) is 0 Å². The number of hydrogen-bond donors (Lipinski definition) is 2. The number of carbonyl (C=O) groups excluding carboxylic acids is 2. The maximum atomic E-state index is 13.0. The van der Waals surface area contributed by atoms with Crippen molar-refractivity contribution in [1.82, 2.24) is 15.5 Å². The summed E-state index contributed by atoms with van der Waals surface area (Å²) in [4.78, 5) is 27.0. The van der Waals surface area contributed by atoms with Crippen LogP contribution >= 0.6 is 0 Å². The van der Waals surface area contributed by atoms with E-state index in [1.807, 2.05) is 11.9 Å². The zero-order valence-electron chi connectivity index (χ0n) is 16.7. The van der Waals surface area contributed by atoms with Gasteiger partial charge in [-0.15, -0.1) is 0 Å². The molecular weight excluding hydrogens is 357 g/mol. The van der Waals surface area contributed by atoms with Crippen LogP contribution in [0.25, 0.3) is 0 Å². The Morgan fingerprint density at radius 1 is 1.11 bits per heavy atom. The van der Waals surface area contributed by atoms with E-state index < -0.39 is 6.04 Å². The molecule has 2 N–H and O–H groups in total. The highest BCUT2D eigenvalue weighted by Gasteiger charge is 2.51. The van der Waals surface area contributed by atoms with Gasteiger partial charge in [-0.25, -0.2) is 9.18 Å². The van der Waals surface area contributed by atoms with Crippen molar-refractivity contribution in [2.24, 2.45) is 17.8 Å². The Labute approximate surface area is 166 Å². The molecule has 5 rings (SSSR count). The summed E-state index contributed by atoms with van der Waals surface area (Å²) in [7, 11) is 1.82. The Morgan fingerprint density at radius 3 is 2.18 bits per heavy atom. The normalized spacial score (nSPS) is 31.6. The zero-order chi connectivity index (χ0) is 19.9. The van der Waals surface area contributed by atoms with Crippen LogP contribution in [0.2, 0.25) is 0 Å². The lowest BCUT2D eigenvalue weighted by molar-refractivity contribution is -0.124. The van der Waals surface area contributed by atoms with Crippen molar-refractivity contribution in [2.45, 2.75) is 63.6 Å². The van der Waals surface area contributed by atoms with E-state index in [9.17, 15) is 14.0 Å². The van der Waals surface area contributed by atoms with Crippen molar-refractivity contribution >= 4 is 11.9 Å². The van der Waals surface area contributed by atoms with Gasteiger partial charge in [0.05, 0.1) is 6.04 Å². The summed E-state index contributed by atoms with van der Waals surface area (Å²) in [6.45, 7) is 2.28. The fraction of sp³-hybridized carbons (Fsp3) is 0.636. The number of urea groups is 1. The van der Waals surface area contributed by atoms with Gasteiger partial charge >= 0.3 is 6.03 Å². The third-order valence-electron chi connectivity index (χ3n) is 7.04. The van der Waals surface area contributed by atoms with E-state index in [1.54, 1.807) is 19.1 Å². The monoisotopic (exact) mass is 387 g/mol. The average Bonchev–Trinajstić information content (AvgIpc) is 2.61. The third-order valence-corrected chi connectivity index (χ3v) is 7.04. The van der Waals surface area contributed by atoms with Crippen LogP contribution in [-0.4, -0.2) is 35.5 Å². The van der Waals surface area contributed by atoms with Crippen molar-refractivity contribution in [3.63, 3.8) is 0 Å². The molecule has 1 aromatic carbocycles. The van der Waals surface area contributed by atoms with Crippen molar-refractivity contribution in [2.75, 3.05) is 7.05 Å². The minimum absolute atomic E-state index is 0.109. The highest BCUT2D eigenvalue weighted by molar-refractivity contribution is 5.97. The van der Waals surface area contributed by atoms with Crippen molar-refractivity contribution in [1.29, 1.82) is 0 Å². The van der Waals surface area contributed by atoms with Gasteiger partial charge in [-0.2, -0.15) is 0 Å². The molecule has 6 heteroatoms. The SMILES string of the molecule is C[C@@H](C(=O)NC(=O)NC12CC3CC(CC(C3)C1)C2)N(C)Cc1ccc(F)cc1. The fourth-order valence-electron chi connectivity index (χ4n) is 5.97. The van der Waals surface area contributed by atoms with Gasteiger partial charge in [0.25, 0.3) is 0 Å². The number of imide groups is 1. The lowest BCUT2D eigenvalue weighted by Crippen LogP contribution is -2.62. The Bertz CT molecular complexity index is 713. The van der Waals surface area contributed by atoms with Crippen molar-refractivity contribution < 1.29 is 14.0 Å². The molecule has 0 heterocycles. The first-order valence-electron chi connectivity index (χ1n) is 10.4. The van der Waals surface area contributed by atoms with Crippen LogP contribution in [0.3, 0.4) is 0 Å². The summed E-state index contributed by atoms with van der Waals surface area (Å²) in [5.41, 5.74) is 0.809. The first-order chi connectivity index (χ1) is 13.3. The molecule has 0 saturated heterocycles. The van der Waals surface area contributed by atoms with Gasteiger partial charge in [0.15, 0.2) is 0 Å². The average molecular weight is 387 g/mol. The van der Waals surface area contributed by atoms with Crippen molar-refractivity contribution in [3.05, 3.63) is 35.6 Å². The van der Waals surface area contributed by atoms with Crippen LogP contribution in [0, 0.1) is 23.6 Å². The summed E-state index contributed by atoms with van der Waals surface area (Å²) in [6, 6.07) is 5.40. The molecule has 4 bridgehead atoms. The minimum atomic E-state index is -0.466. The summed E-state index contributed by atoms with van der Waals surface area (Å²) in [5, 5.41) is 5.71. The number of halogens is 1. The van der Waals surface area contributed by atoms with E-state index in [0.717, 1.165) is 42.6 Å². The molecule has 152 valence electrons. The van der Waals surface area contributed by atoms with Gasteiger partial charge in [-0.3, -0.25) is 15.0 Å². The number of nitrogens with one attached hydrogen (secondary N) is 2. The standard InChI is InChI=1S/C22H30FN3O2/c1-14(26(2)13-15-3-5-19(23)6-4-15)20(27)24-21(28)25-22-10-16-7-17(11-22)9-18(8-16)12-22/h3-6,14,16-18H,7-13H2,1-2H3,(H2,24,25,27,28)/t14-,16?,17?,18?,22?/m0/s1. The van der Waals surface area contributed by atoms with Crippen LogP contribution in [0.4, 0.5) is 9.18 Å². The Hall–Kier alpha value is -1.95. The first-order valence-corrected chi connectivity index (χ1v) is 10.4. The zero-order valence-corrected chi connectivity index (χ0v) is 16.7. The largest absolute Gasteiger partial charge is 0.332 e. The molecule has 4 saturated carbocycles. The summed E-state index contributed by atoms with van der Waals surface area (Å²) in [5.74, 6) is 1.62. The smallest absolute Gasteiger partial charge is 0.321 e. The molecule has 1 aromatic rings. The molecule has 5 nitrogen and oxygen atoms in total. The number of carbonyl (C=O) groups is 2. The van der Waals surface area contributed by atoms with E-state index >= 15 is 0 Å². The predicted octanol–water partition coefficient (Wildman–Crippen LogP) is 3.44. The quantitative estimate of drug-likeness (QED) is 0.814. The number of nitrogens with zero attached hydrogens (tertiary/aromatic N) is 1. The van der Waals surface area contributed by atoms with Crippen LogP contribution in [0.1, 0.15) is 51.0 Å². The molecule has 0 radical (unpaired) electrons. The molecule has 4 aliphatic carbocycles. The molecule has 0 aromatic heterocycles. The lowest BCUT2D eigenvalue weighted by atomic mass is 9.53. The molecule has 1 atom stereocenters. The van der Waals surface area contributed by atoms with Gasteiger partial charge in [0.2, 0.25) is 5.91 Å². The molecule has 3 amide bonds. The van der Waals surface area contributed by atoms with Crippen LogP contribution < -0.4 is 10.6 Å². The second-order valence-electron chi connectivity index (χ2n) is 9.36.